The number of carbonyl (C=O) groups excluding carboxylic acids is 1. The Morgan fingerprint density at radius 2 is 2.12 bits per heavy atom. The van der Waals surface area contributed by atoms with Crippen LogP contribution < -0.4 is 10.2 Å². The molecule has 3 rings (SSSR count). The standard InChI is InChI=1S/C19H31N5O/c1-23(14-11-19(25)21-16-7-3-2-4-8-16)17-9-6-13-24(15-17)18-10-5-12-20-22-18/h5,10,12,16-17H,2-4,6-9,11,13-15H2,1H3,(H,21,25)/t17-/m0/s1. The lowest BCUT2D eigenvalue weighted by Gasteiger charge is -2.38. The van der Waals surface area contributed by atoms with Crippen molar-refractivity contribution in [3.05, 3.63) is 18.3 Å². The minimum absolute atomic E-state index is 0.209. The van der Waals surface area contributed by atoms with Gasteiger partial charge < -0.3 is 15.1 Å². The highest BCUT2D eigenvalue weighted by Gasteiger charge is 2.24. The maximum atomic E-state index is 12.2. The summed E-state index contributed by atoms with van der Waals surface area (Å²) in [5.41, 5.74) is 0. The Morgan fingerprint density at radius 1 is 1.28 bits per heavy atom. The fourth-order valence-electron chi connectivity index (χ4n) is 3.99. The number of amides is 1. The minimum atomic E-state index is 0.209. The molecule has 0 aromatic carbocycles. The Labute approximate surface area is 151 Å². The molecule has 1 atom stereocenters. The molecule has 1 saturated heterocycles. The average molecular weight is 345 g/mol. The van der Waals surface area contributed by atoms with Crippen LogP contribution in [0.1, 0.15) is 51.4 Å². The molecule has 0 spiro atoms. The number of hydrogen-bond acceptors (Lipinski definition) is 5. The van der Waals surface area contributed by atoms with Gasteiger partial charge in [0.15, 0.2) is 5.82 Å². The van der Waals surface area contributed by atoms with E-state index in [1.807, 2.05) is 12.1 Å². The molecule has 2 fully saturated rings. The second-order valence-electron chi connectivity index (χ2n) is 7.46. The number of rotatable bonds is 6. The van der Waals surface area contributed by atoms with Crippen molar-refractivity contribution in [2.75, 3.05) is 31.6 Å². The summed E-state index contributed by atoms with van der Waals surface area (Å²) in [5.74, 6) is 1.16. The third kappa shape index (κ3) is 5.39. The van der Waals surface area contributed by atoms with E-state index >= 15 is 0 Å². The lowest BCUT2D eigenvalue weighted by atomic mass is 9.95. The second kappa shape index (κ2) is 9.13. The number of piperidine rings is 1. The summed E-state index contributed by atoms with van der Waals surface area (Å²) >= 11 is 0. The molecule has 1 aliphatic heterocycles. The summed E-state index contributed by atoms with van der Waals surface area (Å²) in [6.07, 6.45) is 10.8. The number of carbonyl (C=O) groups is 1. The quantitative estimate of drug-likeness (QED) is 0.856. The first kappa shape index (κ1) is 18.1. The summed E-state index contributed by atoms with van der Waals surface area (Å²) in [7, 11) is 2.14. The van der Waals surface area contributed by atoms with Gasteiger partial charge in [-0.25, -0.2) is 0 Å². The van der Waals surface area contributed by atoms with Crippen LogP contribution in [0.4, 0.5) is 5.82 Å². The number of aromatic nitrogens is 2. The van der Waals surface area contributed by atoms with Crippen molar-refractivity contribution in [2.24, 2.45) is 0 Å². The van der Waals surface area contributed by atoms with Crippen LogP contribution in [0.2, 0.25) is 0 Å². The van der Waals surface area contributed by atoms with Gasteiger partial charge in [0.25, 0.3) is 0 Å². The largest absolute Gasteiger partial charge is 0.354 e. The molecular weight excluding hydrogens is 314 g/mol. The van der Waals surface area contributed by atoms with Crippen LogP contribution in [0.5, 0.6) is 0 Å². The Hall–Kier alpha value is -1.69. The maximum Gasteiger partial charge on any atom is 0.221 e. The van der Waals surface area contributed by atoms with E-state index in [9.17, 15) is 4.79 Å². The Bertz CT molecular complexity index is 532. The normalized spacial score (nSPS) is 22.2. The van der Waals surface area contributed by atoms with Gasteiger partial charge in [-0.2, -0.15) is 5.10 Å². The van der Waals surface area contributed by atoms with Crippen LogP contribution in [0, 0.1) is 0 Å². The fraction of sp³-hybridized carbons (Fsp3) is 0.737. The molecule has 1 N–H and O–H groups in total. The molecular formula is C19H31N5O. The maximum absolute atomic E-state index is 12.2. The molecule has 2 heterocycles. The van der Waals surface area contributed by atoms with Gasteiger partial charge in [-0.1, -0.05) is 19.3 Å². The molecule has 1 aliphatic carbocycles. The number of hydrogen-bond donors (Lipinski definition) is 1. The van der Waals surface area contributed by atoms with Crippen molar-refractivity contribution in [2.45, 2.75) is 63.5 Å². The number of nitrogens with one attached hydrogen (secondary N) is 1. The predicted octanol–water partition coefficient (Wildman–Crippen LogP) is 2.22. The summed E-state index contributed by atoms with van der Waals surface area (Å²) in [5, 5.41) is 11.4. The van der Waals surface area contributed by atoms with Gasteiger partial charge in [-0.05, 0) is 44.9 Å². The summed E-state index contributed by atoms with van der Waals surface area (Å²) in [6.45, 7) is 2.81. The highest BCUT2D eigenvalue weighted by atomic mass is 16.1. The predicted molar refractivity (Wildman–Crippen MR) is 99.5 cm³/mol. The van der Waals surface area contributed by atoms with E-state index in [1.54, 1.807) is 6.20 Å². The minimum Gasteiger partial charge on any atom is -0.354 e. The zero-order valence-corrected chi connectivity index (χ0v) is 15.4. The molecule has 2 aliphatic rings. The fourth-order valence-corrected chi connectivity index (χ4v) is 3.99. The monoisotopic (exact) mass is 345 g/mol. The van der Waals surface area contributed by atoms with Crippen molar-refractivity contribution in [3.63, 3.8) is 0 Å². The molecule has 0 unspecified atom stereocenters. The van der Waals surface area contributed by atoms with Crippen molar-refractivity contribution in [1.29, 1.82) is 0 Å². The zero-order chi connectivity index (χ0) is 17.5. The van der Waals surface area contributed by atoms with Crippen LogP contribution in [0.3, 0.4) is 0 Å². The lowest BCUT2D eigenvalue weighted by Crippen LogP contribution is -2.48. The van der Waals surface area contributed by atoms with Gasteiger partial charge in [-0.15, -0.1) is 5.10 Å². The highest BCUT2D eigenvalue weighted by molar-refractivity contribution is 5.76. The molecule has 1 aromatic heterocycles. The number of nitrogens with zero attached hydrogens (tertiary/aromatic N) is 4. The Morgan fingerprint density at radius 3 is 2.88 bits per heavy atom. The SMILES string of the molecule is CN(CCC(=O)NC1CCCCC1)[C@H]1CCCN(c2cccnn2)C1. The molecule has 1 aromatic rings. The summed E-state index contributed by atoms with van der Waals surface area (Å²) in [6, 6.07) is 4.84. The van der Waals surface area contributed by atoms with E-state index in [0.717, 1.165) is 44.7 Å². The molecule has 1 amide bonds. The van der Waals surface area contributed by atoms with Gasteiger partial charge in [-0.3, -0.25) is 4.79 Å². The molecule has 6 nitrogen and oxygen atoms in total. The third-order valence-electron chi connectivity index (χ3n) is 5.56. The molecule has 138 valence electrons. The lowest BCUT2D eigenvalue weighted by molar-refractivity contribution is -0.122. The number of likely N-dealkylation sites (N-methyl/N-ethyl adjacent to an activating group) is 1. The smallest absolute Gasteiger partial charge is 0.221 e. The van der Waals surface area contributed by atoms with Crippen molar-refractivity contribution < 1.29 is 4.79 Å². The van der Waals surface area contributed by atoms with Crippen LogP contribution in [0.15, 0.2) is 18.3 Å². The van der Waals surface area contributed by atoms with Crippen LogP contribution >= 0.6 is 0 Å². The summed E-state index contributed by atoms with van der Waals surface area (Å²) < 4.78 is 0. The van der Waals surface area contributed by atoms with Crippen molar-refractivity contribution >= 4 is 11.7 Å². The first-order chi connectivity index (χ1) is 12.2. The molecule has 0 radical (unpaired) electrons. The molecule has 25 heavy (non-hydrogen) atoms. The van der Waals surface area contributed by atoms with Gasteiger partial charge >= 0.3 is 0 Å². The van der Waals surface area contributed by atoms with E-state index in [4.69, 9.17) is 0 Å². The molecule has 0 bridgehead atoms. The van der Waals surface area contributed by atoms with Gasteiger partial charge in [0.2, 0.25) is 5.91 Å². The average Bonchev–Trinajstić information content (AvgIpc) is 2.68. The van der Waals surface area contributed by atoms with E-state index < -0.39 is 0 Å². The van der Waals surface area contributed by atoms with Gasteiger partial charge in [0.05, 0.1) is 0 Å². The van der Waals surface area contributed by atoms with Crippen LogP contribution in [-0.2, 0) is 4.79 Å². The number of anilines is 1. The van der Waals surface area contributed by atoms with E-state index in [1.165, 1.54) is 25.7 Å². The molecule has 6 heteroatoms. The van der Waals surface area contributed by atoms with E-state index in [2.05, 4.69) is 32.4 Å². The first-order valence-electron chi connectivity index (χ1n) is 9.74. The zero-order valence-electron chi connectivity index (χ0n) is 15.4. The summed E-state index contributed by atoms with van der Waals surface area (Å²) in [4.78, 5) is 16.9. The van der Waals surface area contributed by atoms with Gasteiger partial charge in [0.1, 0.15) is 0 Å². The Balaban J connectivity index is 1.42. The van der Waals surface area contributed by atoms with Crippen molar-refractivity contribution in [1.82, 2.24) is 20.4 Å². The van der Waals surface area contributed by atoms with Gasteiger partial charge in [0, 0.05) is 44.3 Å². The second-order valence-corrected chi connectivity index (χ2v) is 7.46. The Kier molecular flexibility index (Phi) is 6.62. The highest BCUT2D eigenvalue weighted by Crippen LogP contribution is 2.20. The molecule has 1 saturated carbocycles. The third-order valence-corrected chi connectivity index (χ3v) is 5.56. The van der Waals surface area contributed by atoms with Crippen molar-refractivity contribution in [3.8, 4) is 0 Å². The van der Waals surface area contributed by atoms with Crippen LogP contribution in [-0.4, -0.2) is 59.8 Å². The topological polar surface area (TPSA) is 61.4 Å². The first-order valence-corrected chi connectivity index (χ1v) is 9.74. The van der Waals surface area contributed by atoms with E-state index in [-0.39, 0.29) is 5.91 Å². The van der Waals surface area contributed by atoms with Crippen LogP contribution in [0.25, 0.3) is 0 Å². The van der Waals surface area contributed by atoms with E-state index in [0.29, 0.717) is 18.5 Å².